The van der Waals surface area contributed by atoms with E-state index in [9.17, 15) is 9.59 Å². The Labute approximate surface area is 112 Å². The summed E-state index contributed by atoms with van der Waals surface area (Å²) < 4.78 is 0. The number of hydrogen-bond acceptors (Lipinski definition) is 3. The van der Waals surface area contributed by atoms with E-state index in [-0.39, 0.29) is 12.5 Å². The molecule has 102 valence electrons. The molecular weight excluding hydrogens is 244 g/mol. The lowest BCUT2D eigenvalue weighted by atomic mass is 9.77. The van der Waals surface area contributed by atoms with Crippen molar-refractivity contribution in [2.24, 2.45) is 0 Å². The second-order valence-electron chi connectivity index (χ2n) is 4.88. The van der Waals surface area contributed by atoms with Gasteiger partial charge in [-0.15, -0.1) is 0 Å². The van der Waals surface area contributed by atoms with E-state index in [1.807, 2.05) is 30.3 Å². The zero-order valence-corrected chi connectivity index (χ0v) is 10.9. The summed E-state index contributed by atoms with van der Waals surface area (Å²) in [6, 6.07) is 9.28. The molecule has 1 saturated carbocycles. The SMILES string of the molecule is CN(C(=O)CNC1(C(=O)O)CCC1)c1ccccc1. The average molecular weight is 262 g/mol. The van der Waals surface area contributed by atoms with Crippen LogP contribution >= 0.6 is 0 Å². The minimum absolute atomic E-state index is 0.0394. The fraction of sp³-hybridized carbons (Fsp3) is 0.429. The molecule has 0 aliphatic heterocycles. The maximum Gasteiger partial charge on any atom is 0.323 e. The van der Waals surface area contributed by atoms with Gasteiger partial charge in [-0.2, -0.15) is 0 Å². The first-order chi connectivity index (χ1) is 9.05. The first-order valence-electron chi connectivity index (χ1n) is 6.35. The van der Waals surface area contributed by atoms with E-state index in [2.05, 4.69) is 5.32 Å². The minimum atomic E-state index is -0.896. The summed E-state index contributed by atoms with van der Waals surface area (Å²) in [5, 5.41) is 12.1. The third-order valence-corrected chi connectivity index (χ3v) is 3.71. The molecule has 1 aliphatic carbocycles. The van der Waals surface area contributed by atoms with Gasteiger partial charge in [-0.25, -0.2) is 0 Å². The maximum atomic E-state index is 12.0. The van der Waals surface area contributed by atoms with Crippen LogP contribution in [0, 0.1) is 0 Å². The molecule has 1 aromatic carbocycles. The van der Waals surface area contributed by atoms with Crippen molar-refractivity contribution >= 4 is 17.6 Å². The molecule has 19 heavy (non-hydrogen) atoms. The monoisotopic (exact) mass is 262 g/mol. The second-order valence-corrected chi connectivity index (χ2v) is 4.88. The number of likely N-dealkylation sites (N-methyl/N-ethyl adjacent to an activating group) is 1. The smallest absolute Gasteiger partial charge is 0.323 e. The number of nitrogens with zero attached hydrogens (tertiary/aromatic N) is 1. The Morgan fingerprint density at radius 3 is 2.42 bits per heavy atom. The third-order valence-electron chi connectivity index (χ3n) is 3.71. The summed E-state index contributed by atoms with van der Waals surface area (Å²) in [5.74, 6) is -1.01. The van der Waals surface area contributed by atoms with Gasteiger partial charge in [-0.3, -0.25) is 14.9 Å². The molecule has 0 heterocycles. The van der Waals surface area contributed by atoms with Gasteiger partial charge in [-0.05, 0) is 31.4 Å². The van der Waals surface area contributed by atoms with Crippen LogP contribution in [0.4, 0.5) is 5.69 Å². The molecule has 1 fully saturated rings. The summed E-state index contributed by atoms with van der Waals surface area (Å²) in [5.41, 5.74) is -0.0972. The van der Waals surface area contributed by atoms with Gasteiger partial charge in [0.1, 0.15) is 5.54 Å². The van der Waals surface area contributed by atoms with Crippen molar-refractivity contribution in [2.45, 2.75) is 24.8 Å². The summed E-state index contributed by atoms with van der Waals surface area (Å²) in [6.45, 7) is 0.0394. The summed E-state index contributed by atoms with van der Waals surface area (Å²) in [6.07, 6.45) is 2.07. The zero-order chi connectivity index (χ0) is 13.9. The van der Waals surface area contributed by atoms with E-state index >= 15 is 0 Å². The lowest BCUT2D eigenvalue weighted by Crippen LogP contribution is -2.59. The summed E-state index contributed by atoms with van der Waals surface area (Å²) >= 11 is 0. The Bertz CT molecular complexity index is 469. The van der Waals surface area contributed by atoms with Crippen LogP contribution < -0.4 is 10.2 Å². The van der Waals surface area contributed by atoms with Crippen LogP contribution in [0.1, 0.15) is 19.3 Å². The number of aliphatic carboxylic acids is 1. The molecule has 2 rings (SSSR count). The second kappa shape index (κ2) is 5.40. The number of nitrogens with one attached hydrogen (secondary N) is 1. The highest BCUT2D eigenvalue weighted by molar-refractivity contribution is 5.94. The largest absolute Gasteiger partial charge is 0.480 e. The van der Waals surface area contributed by atoms with Crippen LogP contribution in [-0.4, -0.2) is 36.1 Å². The Morgan fingerprint density at radius 2 is 1.95 bits per heavy atom. The van der Waals surface area contributed by atoms with Crippen LogP contribution in [0.2, 0.25) is 0 Å². The highest BCUT2D eigenvalue weighted by Gasteiger charge is 2.44. The molecule has 1 aliphatic rings. The van der Waals surface area contributed by atoms with E-state index < -0.39 is 11.5 Å². The topological polar surface area (TPSA) is 69.6 Å². The van der Waals surface area contributed by atoms with Crippen molar-refractivity contribution in [2.75, 3.05) is 18.5 Å². The molecule has 0 aromatic heterocycles. The third kappa shape index (κ3) is 2.76. The molecule has 2 N–H and O–H groups in total. The number of carboxylic acids is 1. The fourth-order valence-corrected chi connectivity index (χ4v) is 2.16. The van der Waals surface area contributed by atoms with E-state index in [1.165, 1.54) is 4.90 Å². The van der Waals surface area contributed by atoms with Crippen molar-refractivity contribution in [3.63, 3.8) is 0 Å². The first kappa shape index (κ1) is 13.5. The number of para-hydroxylation sites is 1. The number of anilines is 1. The van der Waals surface area contributed by atoms with Crippen LogP contribution in [0.3, 0.4) is 0 Å². The Morgan fingerprint density at radius 1 is 1.32 bits per heavy atom. The molecule has 0 bridgehead atoms. The maximum absolute atomic E-state index is 12.0. The van der Waals surface area contributed by atoms with Crippen molar-refractivity contribution < 1.29 is 14.7 Å². The number of carboxylic acid groups (broad SMARTS) is 1. The van der Waals surface area contributed by atoms with Gasteiger partial charge in [0.15, 0.2) is 0 Å². The fourth-order valence-electron chi connectivity index (χ4n) is 2.16. The van der Waals surface area contributed by atoms with Gasteiger partial charge in [0.05, 0.1) is 6.54 Å². The molecule has 0 radical (unpaired) electrons. The molecule has 0 atom stereocenters. The molecule has 1 amide bonds. The van der Waals surface area contributed by atoms with Crippen molar-refractivity contribution in [3.05, 3.63) is 30.3 Å². The Hall–Kier alpha value is -1.88. The van der Waals surface area contributed by atoms with Gasteiger partial charge in [0, 0.05) is 12.7 Å². The molecule has 0 saturated heterocycles. The molecule has 5 heteroatoms. The van der Waals surface area contributed by atoms with Gasteiger partial charge in [0.25, 0.3) is 0 Å². The van der Waals surface area contributed by atoms with E-state index in [4.69, 9.17) is 5.11 Å². The number of carbonyl (C=O) groups is 2. The predicted octanol–water partition coefficient (Wildman–Crippen LogP) is 1.25. The number of hydrogen-bond donors (Lipinski definition) is 2. The van der Waals surface area contributed by atoms with E-state index in [0.29, 0.717) is 12.8 Å². The number of benzene rings is 1. The summed E-state index contributed by atoms with van der Waals surface area (Å²) in [7, 11) is 1.69. The molecule has 1 aromatic rings. The number of rotatable bonds is 5. The minimum Gasteiger partial charge on any atom is -0.480 e. The summed E-state index contributed by atoms with van der Waals surface area (Å²) in [4.78, 5) is 24.7. The van der Waals surface area contributed by atoms with E-state index in [1.54, 1.807) is 7.05 Å². The number of carbonyl (C=O) groups excluding carboxylic acids is 1. The highest BCUT2D eigenvalue weighted by Crippen LogP contribution is 2.31. The molecule has 5 nitrogen and oxygen atoms in total. The number of amides is 1. The van der Waals surface area contributed by atoms with Gasteiger partial charge >= 0.3 is 5.97 Å². The average Bonchev–Trinajstić information content (AvgIpc) is 2.37. The van der Waals surface area contributed by atoms with E-state index in [0.717, 1.165) is 12.1 Å². The van der Waals surface area contributed by atoms with Crippen molar-refractivity contribution in [1.29, 1.82) is 0 Å². The molecule has 0 unspecified atom stereocenters. The Balaban J connectivity index is 1.93. The van der Waals surface area contributed by atoms with Gasteiger partial charge < -0.3 is 10.0 Å². The quantitative estimate of drug-likeness (QED) is 0.837. The van der Waals surface area contributed by atoms with Gasteiger partial charge in [0.2, 0.25) is 5.91 Å². The lowest BCUT2D eigenvalue weighted by molar-refractivity contribution is -0.148. The zero-order valence-electron chi connectivity index (χ0n) is 10.9. The lowest BCUT2D eigenvalue weighted by Gasteiger charge is -2.38. The predicted molar refractivity (Wildman–Crippen MR) is 72.1 cm³/mol. The van der Waals surface area contributed by atoms with Gasteiger partial charge in [-0.1, -0.05) is 18.2 Å². The standard InChI is InChI=1S/C14H18N2O3/c1-16(11-6-3-2-4-7-11)12(17)10-15-14(13(18)19)8-5-9-14/h2-4,6-7,15H,5,8-10H2,1H3,(H,18,19). The van der Waals surface area contributed by atoms with Crippen molar-refractivity contribution in [3.8, 4) is 0 Å². The van der Waals surface area contributed by atoms with Crippen LogP contribution in [-0.2, 0) is 9.59 Å². The molecular formula is C14H18N2O3. The van der Waals surface area contributed by atoms with Crippen LogP contribution in [0.5, 0.6) is 0 Å². The highest BCUT2D eigenvalue weighted by atomic mass is 16.4. The van der Waals surface area contributed by atoms with Crippen LogP contribution in [0.15, 0.2) is 30.3 Å². The van der Waals surface area contributed by atoms with Crippen molar-refractivity contribution in [1.82, 2.24) is 5.32 Å². The Kier molecular flexibility index (Phi) is 3.85. The molecule has 0 spiro atoms. The first-order valence-corrected chi connectivity index (χ1v) is 6.35. The normalized spacial score (nSPS) is 16.5. The van der Waals surface area contributed by atoms with Crippen LogP contribution in [0.25, 0.3) is 0 Å².